The van der Waals surface area contributed by atoms with E-state index in [1.807, 2.05) is 35.0 Å². The number of methoxy groups -OCH3 is 1. The van der Waals surface area contributed by atoms with Gasteiger partial charge in [0.05, 0.1) is 12.5 Å². The molecule has 0 atom stereocenters. The number of benzene rings is 2. The molecule has 0 bridgehead atoms. The molecule has 25 heavy (non-hydrogen) atoms. The van der Waals surface area contributed by atoms with Crippen molar-refractivity contribution < 1.29 is 9.13 Å². The minimum absolute atomic E-state index is 0.285. The highest BCUT2D eigenvalue weighted by molar-refractivity contribution is 6.01. The summed E-state index contributed by atoms with van der Waals surface area (Å²) in [5.74, 6) is 0.872. The molecule has 5 nitrogen and oxygen atoms in total. The zero-order chi connectivity index (χ0) is 17.4. The van der Waals surface area contributed by atoms with Gasteiger partial charge in [-0.15, -0.1) is 0 Å². The Labute approximate surface area is 143 Å². The second-order valence-corrected chi connectivity index (χ2v) is 5.58. The summed E-state index contributed by atoms with van der Waals surface area (Å²) in [7, 11) is 1.63. The summed E-state index contributed by atoms with van der Waals surface area (Å²) < 4.78 is 20.4. The first-order valence-corrected chi connectivity index (χ1v) is 7.69. The summed E-state index contributed by atoms with van der Waals surface area (Å²) in [4.78, 5) is 8.50. The van der Waals surface area contributed by atoms with Gasteiger partial charge in [-0.05, 0) is 42.0 Å². The molecule has 4 aromatic rings. The SMILES string of the molecule is COc1ccc(-n2cc(-c3ccc(F)cc3)c3c(N)ncnc32)cc1. The van der Waals surface area contributed by atoms with Crippen LogP contribution in [0.25, 0.3) is 27.8 Å². The van der Waals surface area contributed by atoms with Crippen molar-refractivity contribution in [2.24, 2.45) is 0 Å². The first-order chi connectivity index (χ1) is 12.2. The van der Waals surface area contributed by atoms with Crippen LogP contribution in [0.1, 0.15) is 0 Å². The molecule has 0 aliphatic rings. The number of rotatable bonds is 3. The third kappa shape index (κ3) is 2.57. The van der Waals surface area contributed by atoms with Crippen LogP contribution in [0.4, 0.5) is 10.2 Å². The van der Waals surface area contributed by atoms with E-state index in [0.717, 1.165) is 28.0 Å². The molecule has 0 spiro atoms. The molecule has 0 fully saturated rings. The molecule has 2 heterocycles. The van der Waals surface area contributed by atoms with E-state index in [4.69, 9.17) is 10.5 Å². The van der Waals surface area contributed by atoms with Crippen LogP contribution in [0.5, 0.6) is 5.75 Å². The Morgan fingerprint density at radius 3 is 2.40 bits per heavy atom. The summed E-state index contributed by atoms with van der Waals surface area (Å²) in [5, 5.41) is 0.741. The summed E-state index contributed by atoms with van der Waals surface area (Å²) in [6, 6.07) is 13.9. The lowest BCUT2D eigenvalue weighted by Gasteiger charge is -2.06. The predicted octanol–water partition coefficient (Wildman–Crippen LogP) is 3.82. The fourth-order valence-electron chi connectivity index (χ4n) is 2.87. The van der Waals surface area contributed by atoms with Crippen LogP contribution >= 0.6 is 0 Å². The van der Waals surface area contributed by atoms with Crippen molar-refractivity contribution in [3.8, 4) is 22.6 Å². The Balaban J connectivity index is 1.96. The summed E-state index contributed by atoms with van der Waals surface area (Å²) in [6.07, 6.45) is 3.37. The fraction of sp³-hybridized carbons (Fsp3) is 0.0526. The molecule has 0 unspecified atom stereocenters. The molecule has 0 aliphatic heterocycles. The molecule has 0 radical (unpaired) electrons. The number of fused-ring (bicyclic) bond motifs is 1. The van der Waals surface area contributed by atoms with Crippen molar-refractivity contribution in [2.75, 3.05) is 12.8 Å². The van der Waals surface area contributed by atoms with Crippen molar-refractivity contribution >= 4 is 16.9 Å². The van der Waals surface area contributed by atoms with Gasteiger partial charge in [0.1, 0.15) is 23.7 Å². The van der Waals surface area contributed by atoms with Crippen LogP contribution in [0.3, 0.4) is 0 Å². The van der Waals surface area contributed by atoms with Gasteiger partial charge in [-0.3, -0.25) is 0 Å². The Hall–Kier alpha value is -3.41. The summed E-state index contributed by atoms with van der Waals surface area (Å²) in [6.45, 7) is 0. The van der Waals surface area contributed by atoms with Crippen molar-refractivity contribution in [3.05, 3.63) is 66.9 Å². The van der Waals surface area contributed by atoms with Crippen molar-refractivity contribution in [1.82, 2.24) is 14.5 Å². The van der Waals surface area contributed by atoms with Crippen molar-refractivity contribution in [3.63, 3.8) is 0 Å². The number of hydrogen-bond donors (Lipinski definition) is 1. The molecule has 0 saturated heterocycles. The summed E-state index contributed by atoms with van der Waals surface area (Å²) >= 11 is 0. The number of aromatic nitrogens is 3. The number of nitrogens with zero attached hydrogens (tertiary/aromatic N) is 3. The van der Waals surface area contributed by atoms with Gasteiger partial charge in [-0.25, -0.2) is 14.4 Å². The number of halogens is 1. The average molecular weight is 334 g/mol. The first kappa shape index (κ1) is 15.1. The van der Waals surface area contributed by atoms with E-state index in [2.05, 4.69) is 9.97 Å². The zero-order valence-electron chi connectivity index (χ0n) is 13.5. The molecular formula is C19H15FN4O. The lowest BCUT2D eigenvalue weighted by molar-refractivity contribution is 0.415. The normalized spacial score (nSPS) is 11.0. The van der Waals surface area contributed by atoms with Gasteiger partial charge in [-0.1, -0.05) is 12.1 Å². The smallest absolute Gasteiger partial charge is 0.150 e. The Morgan fingerprint density at radius 2 is 1.72 bits per heavy atom. The van der Waals surface area contributed by atoms with E-state index in [0.29, 0.717) is 11.5 Å². The highest BCUT2D eigenvalue weighted by Crippen LogP contribution is 2.34. The van der Waals surface area contributed by atoms with Gasteiger partial charge in [0.2, 0.25) is 0 Å². The van der Waals surface area contributed by atoms with Crippen LogP contribution < -0.4 is 10.5 Å². The fourth-order valence-corrected chi connectivity index (χ4v) is 2.87. The Bertz CT molecular complexity index is 1040. The predicted molar refractivity (Wildman–Crippen MR) is 95.2 cm³/mol. The minimum Gasteiger partial charge on any atom is -0.497 e. The molecule has 2 aromatic carbocycles. The first-order valence-electron chi connectivity index (χ1n) is 7.69. The quantitative estimate of drug-likeness (QED) is 0.618. The van der Waals surface area contributed by atoms with E-state index in [9.17, 15) is 4.39 Å². The largest absolute Gasteiger partial charge is 0.497 e. The van der Waals surface area contributed by atoms with Crippen molar-refractivity contribution in [1.29, 1.82) is 0 Å². The van der Waals surface area contributed by atoms with Crippen LogP contribution in [0, 0.1) is 5.82 Å². The number of anilines is 1. The van der Waals surface area contributed by atoms with Crippen LogP contribution in [-0.2, 0) is 0 Å². The number of hydrogen-bond acceptors (Lipinski definition) is 4. The molecule has 4 rings (SSSR count). The third-order valence-electron chi connectivity index (χ3n) is 4.12. The topological polar surface area (TPSA) is 66.0 Å². The average Bonchev–Trinajstić information content (AvgIpc) is 3.03. The van der Waals surface area contributed by atoms with Crippen molar-refractivity contribution in [2.45, 2.75) is 0 Å². The third-order valence-corrected chi connectivity index (χ3v) is 4.12. The monoisotopic (exact) mass is 334 g/mol. The molecule has 6 heteroatoms. The van der Waals surface area contributed by atoms with Gasteiger partial charge in [-0.2, -0.15) is 0 Å². The Kier molecular flexibility index (Phi) is 3.57. The highest BCUT2D eigenvalue weighted by Gasteiger charge is 2.16. The maximum Gasteiger partial charge on any atom is 0.150 e. The van der Waals surface area contributed by atoms with Gasteiger partial charge in [0, 0.05) is 17.4 Å². The molecule has 0 amide bonds. The highest BCUT2D eigenvalue weighted by atomic mass is 19.1. The zero-order valence-corrected chi connectivity index (χ0v) is 13.5. The summed E-state index contributed by atoms with van der Waals surface area (Å²) in [5.41, 5.74) is 9.41. The maximum absolute atomic E-state index is 13.3. The molecule has 2 aromatic heterocycles. The van der Waals surface area contributed by atoms with Crippen LogP contribution in [0.15, 0.2) is 61.1 Å². The second-order valence-electron chi connectivity index (χ2n) is 5.58. The molecule has 0 aliphatic carbocycles. The van der Waals surface area contributed by atoms with Gasteiger partial charge in [0.25, 0.3) is 0 Å². The molecule has 2 N–H and O–H groups in total. The minimum atomic E-state index is -0.285. The van der Waals surface area contributed by atoms with E-state index in [-0.39, 0.29) is 5.82 Å². The van der Waals surface area contributed by atoms with Gasteiger partial charge < -0.3 is 15.0 Å². The number of ether oxygens (including phenoxy) is 1. The lowest BCUT2D eigenvalue weighted by atomic mass is 10.1. The molecule has 124 valence electrons. The number of nitrogen functional groups attached to an aromatic ring is 1. The van der Waals surface area contributed by atoms with Gasteiger partial charge in [0.15, 0.2) is 5.65 Å². The molecule has 0 saturated carbocycles. The van der Waals surface area contributed by atoms with Crippen LogP contribution in [-0.4, -0.2) is 21.6 Å². The van der Waals surface area contributed by atoms with E-state index >= 15 is 0 Å². The standard InChI is InChI=1S/C19H15FN4O/c1-25-15-8-6-14(7-9-15)24-10-16(12-2-4-13(20)5-3-12)17-18(21)22-11-23-19(17)24/h2-11H,1H3,(H2,21,22,23). The number of nitrogens with two attached hydrogens (primary N) is 1. The van der Waals surface area contributed by atoms with E-state index in [1.54, 1.807) is 19.2 Å². The Morgan fingerprint density at radius 1 is 1.00 bits per heavy atom. The second kappa shape index (κ2) is 5.90. The van der Waals surface area contributed by atoms with E-state index < -0.39 is 0 Å². The van der Waals surface area contributed by atoms with E-state index in [1.165, 1.54) is 18.5 Å². The van der Waals surface area contributed by atoms with Crippen LogP contribution in [0.2, 0.25) is 0 Å². The van der Waals surface area contributed by atoms with Gasteiger partial charge >= 0.3 is 0 Å². The lowest BCUT2D eigenvalue weighted by Crippen LogP contribution is -1.97. The molecular weight excluding hydrogens is 319 g/mol. The maximum atomic E-state index is 13.3.